The molecule has 1 saturated heterocycles. The molecule has 6 nitrogen and oxygen atoms in total. The SMILES string of the molecule is CCOC(=O)N1CCCN(C(=O)COc2ccc(Cl)cc2)CC1. The van der Waals surface area contributed by atoms with Gasteiger partial charge in [-0.1, -0.05) is 11.6 Å². The number of halogens is 1. The highest BCUT2D eigenvalue weighted by molar-refractivity contribution is 6.30. The van der Waals surface area contributed by atoms with Gasteiger partial charge < -0.3 is 19.3 Å². The molecule has 0 unspecified atom stereocenters. The lowest BCUT2D eigenvalue weighted by molar-refractivity contribution is -0.133. The third-order valence-corrected chi connectivity index (χ3v) is 3.80. The van der Waals surface area contributed by atoms with Crippen LogP contribution in [0.5, 0.6) is 5.75 Å². The molecule has 7 heteroatoms. The fourth-order valence-electron chi connectivity index (χ4n) is 2.33. The van der Waals surface area contributed by atoms with Crippen LogP contribution in [-0.4, -0.2) is 61.2 Å². The van der Waals surface area contributed by atoms with Gasteiger partial charge in [-0.15, -0.1) is 0 Å². The number of nitrogens with zero attached hydrogens (tertiary/aromatic N) is 2. The van der Waals surface area contributed by atoms with Crippen LogP contribution in [0.2, 0.25) is 5.02 Å². The Morgan fingerprint density at radius 1 is 1.09 bits per heavy atom. The monoisotopic (exact) mass is 340 g/mol. The van der Waals surface area contributed by atoms with E-state index < -0.39 is 0 Å². The Labute approximate surface area is 140 Å². The third kappa shape index (κ3) is 5.32. The minimum atomic E-state index is -0.320. The quantitative estimate of drug-likeness (QED) is 0.844. The summed E-state index contributed by atoms with van der Waals surface area (Å²) in [6.45, 7) is 4.28. The molecular formula is C16H21ClN2O4. The number of amides is 2. The number of benzene rings is 1. The van der Waals surface area contributed by atoms with Crippen LogP contribution in [0.4, 0.5) is 4.79 Å². The van der Waals surface area contributed by atoms with Crippen LogP contribution in [0.3, 0.4) is 0 Å². The fraction of sp³-hybridized carbons (Fsp3) is 0.500. The van der Waals surface area contributed by atoms with Crippen molar-refractivity contribution in [1.29, 1.82) is 0 Å². The first kappa shape index (κ1) is 17.4. The summed E-state index contributed by atoms with van der Waals surface area (Å²) in [7, 11) is 0. The van der Waals surface area contributed by atoms with Crippen molar-refractivity contribution in [3.8, 4) is 5.75 Å². The topological polar surface area (TPSA) is 59.1 Å². The number of rotatable bonds is 4. The van der Waals surface area contributed by atoms with Crippen molar-refractivity contribution in [2.24, 2.45) is 0 Å². The zero-order chi connectivity index (χ0) is 16.7. The summed E-state index contributed by atoms with van der Waals surface area (Å²) in [4.78, 5) is 27.3. The van der Waals surface area contributed by atoms with Crippen LogP contribution in [0, 0.1) is 0 Å². The van der Waals surface area contributed by atoms with Crippen molar-refractivity contribution < 1.29 is 19.1 Å². The van der Waals surface area contributed by atoms with Gasteiger partial charge in [-0.25, -0.2) is 4.79 Å². The van der Waals surface area contributed by atoms with Gasteiger partial charge in [-0.2, -0.15) is 0 Å². The number of hydrogen-bond acceptors (Lipinski definition) is 4. The molecule has 0 aliphatic carbocycles. The minimum absolute atomic E-state index is 0.0267. The van der Waals surface area contributed by atoms with Crippen molar-refractivity contribution >= 4 is 23.6 Å². The van der Waals surface area contributed by atoms with Crippen molar-refractivity contribution in [2.45, 2.75) is 13.3 Å². The van der Waals surface area contributed by atoms with Crippen LogP contribution in [0.1, 0.15) is 13.3 Å². The van der Waals surface area contributed by atoms with Gasteiger partial charge in [0.25, 0.3) is 5.91 Å². The smallest absolute Gasteiger partial charge is 0.409 e. The van der Waals surface area contributed by atoms with E-state index in [2.05, 4.69) is 0 Å². The zero-order valence-electron chi connectivity index (χ0n) is 13.2. The number of ether oxygens (including phenoxy) is 2. The average Bonchev–Trinajstić information content (AvgIpc) is 2.80. The van der Waals surface area contributed by atoms with Gasteiger partial charge in [0.1, 0.15) is 5.75 Å². The molecule has 23 heavy (non-hydrogen) atoms. The second-order valence-corrected chi connectivity index (χ2v) is 5.60. The van der Waals surface area contributed by atoms with E-state index in [1.807, 2.05) is 0 Å². The van der Waals surface area contributed by atoms with E-state index in [0.717, 1.165) is 6.42 Å². The molecule has 1 aromatic rings. The fourth-order valence-corrected chi connectivity index (χ4v) is 2.46. The van der Waals surface area contributed by atoms with Crippen LogP contribution < -0.4 is 4.74 Å². The summed E-state index contributed by atoms with van der Waals surface area (Å²) in [6, 6.07) is 6.87. The highest BCUT2D eigenvalue weighted by Crippen LogP contribution is 2.15. The van der Waals surface area contributed by atoms with Crippen molar-refractivity contribution in [1.82, 2.24) is 9.80 Å². The first-order chi connectivity index (χ1) is 11.1. The van der Waals surface area contributed by atoms with Crippen LogP contribution >= 0.6 is 11.6 Å². The maximum atomic E-state index is 12.2. The predicted octanol–water partition coefficient (Wildman–Crippen LogP) is 2.41. The molecule has 1 heterocycles. The Hall–Kier alpha value is -1.95. The van der Waals surface area contributed by atoms with Gasteiger partial charge >= 0.3 is 6.09 Å². The minimum Gasteiger partial charge on any atom is -0.484 e. The van der Waals surface area contributed by atoms with Crippen LogP contribution in [0.25, 0.3) is 0 Å². The summed E-state index contributed by atoms with van der Waals surface area (Å²) >= 11 is 5.80. The third-order valence-electron chi connectivity index (χ3n) is 3.55. The Morgan fingerprint density at radius 2 is 1.74 bits per heavy atom. The summed E-state index contributed by atoms with van der Waals surface area (Å²) in [5.41, 5.74) is 0. The first-order valence-corrected chi connectivity index (χ1v) is 8.05. The molecule has 0 aromatic heterocycles. The molecule has 0 N–H and O–H groups in total. The summed E-state index contributed by atoms with van der Waals surface area (Å²) < 4.78 is 10.5. The normalized spacial score (nSPS) is 15.0. The molecule has 1 aliphatic heterocycles. The molecule has 1 fully saturated rings. The molecule has 0 spiro atoms. The predicted molar refractivity (Wildman–Crippen MR) is 86.7 cm³/mol. The van der Waals surface area contributed by atoms with E-state index in [1.54, 1.807) is 41.0 Å². The lowest BCUT2D eigenvalue weighted by atomic mass is 10.3. The Kier molecular flexibility index (Phi) is 6.52. The summed E-state index contributed by atoms with van der Waals surface area (Å²) in [5, 5.41) is 0.621. The maximum Gasteiger partial charge on any atom is 0.409 e. The van der Waals surface area contributed by atoms with Gasteiger partial charge in [0.2, 0.25) is 0 Å². The van der Waals surface area contributed by atoms with E-state index in [1.165, 1.54) is 0 Å². The highest BCUT2D eigenvalue weighted by Gasteiger charge is 2.22. The Morgan fingerprint density at radius 3 is 2.43 bits per heavy atom. The van der Waals surface area contributed by atoms with Crippen molar-refractivity contribution in [3.63, 3.8) is 0 Å². The zero-order valence-corrected chi connectivity index (χ0v) is 13.9. The van der Waals surface area contributed by atoms with Crippen LogP contribution in [-0.2, 0) is 9.53 Å². The lowest BCUT2D eigenvalue weighted by Crippen LogP contribution is -2.39. The second-order valence-electron chi connectivity index (χ2n) is 5.16. The maximum absolute atomic E-state index is 12.2. The second kappa shape index (κ2) is 8.62. The van der Waals surface area contributed by atoms with Gasteiger partial charge in [0.15, 0.2) is 6.61 Å². The van der Waals surface area contributed by atoms with Gasteiger partial charge in [0.05, 0.1) is 6.61 Å². The highest BCUT2D eigenvalue weighted by atomic mass is 35.5. The molecule has 2 rings (SSSR count). The first-order valence-electron chi connectivity index (χ1n) is 7.68. The van der Waals surface area contributed by atoms with Crippen LogP contribution in [0.15, 0.2) is 24.3 Å². The molecule has 2 amide bonds. The van der Waals surface area contributed by atoms with Crippen molar-refractivity contribution in [3.05, 3.63) is 29.3 Å². The molecule has 1 aromatic carbocycles. The standard InChI is InChI=1S/C16H21ClN2O4/c1-2-22-16(21)19-9-3-8-18(10-11-19)15(20)12-23-14-6-4-13(17)5-7-14/h4-7H,2-3,8-12H2,1H3. The molecule has 0 saturated carbocycles. The van der Waals surface area contributed by atoms with E-state index in [-0.39, 0.29) is 18.6 Å². The van der Waals surface area contributed by atoms with E-state index in [4.69, 9.17) is 21.1 Å². The van der Waals surface area contributed by atoms with Crippen molar-refractivity contribution in [2.75, 3.05) is 39.4 Å². The van der Waals surface area contributed by atoms with Gasteiger partial charge in [0, 0.05) is 31.2 Å². The Balaban J connectivity index is 1.81. The molecular weight excluding hydrogens is 320 g/mol. The van der Waals surface area contributed by atoms with E-state index in [0.29, 0.717) is 43.6 Å². The Bertz CT molecular complexity index is 535. The molecule has 0 atom stereocenters. The van der Waals surface area contributed by atoms with Gasteiger partial charge in [-0.05, 0) is 37.6 Å². The summed E-state index contributed by atoms with van der Waals surface area (Å²) in [5.74, 6) is 0.511. The molecule has 0 bridgehead atoms. The number of carbonyl (C=O) groups is 2. The number of carbonyl (C=O) groups excluding carboxylic acids is 2. The van der Waals surface area contributed by atoms with E-state index >= 15 is 0 Å². The molecule has 0 radical (unpaired) electrons. The number of hydrogen-bond donors (Lipinski definition) is 0. The summed E-state index contributed by atoms with van der Waals surface area (Å²) in [6.07, 6.45) is 0.408. The molecule has 126 valence electrons. The largest absolute Gasteiger partial charge is 0.484 e. The van der Waals surface area contributed by atoms with E-state index in [9.17, 15) is 9.59 Å². The van der Waals surface area contributed by atoms with Gasteiger partial charge in [-0.3, -0.25) is 4.79 Å². The average molecular weight is 341 g/mol. The molecule has 1 aliphatic rings. The lowest BCUT2D eigenvalue weighted by Gasteiger charge is -2.21.